The van der Waals surface area contributed by atoms with Gasteiger partial charge in [-0.25, -0.2) is 26.9 Å². The van der Waals surface area contributed by atoms with Crippen molar-refractivity contribution in [2.24, 2.45) is 0 Å². The average molecular weight is 351 g/mol. The Morgan fingerprint density at radius 2 is 1.92 bits per heavy atom. The molecule has 6 nitrogen and oxygen atoms in total. The van der Waals surface area contributed by atoms with Gasteiger partial charge < -0.3 is 4.42 Å². The fourth-order valence-corrected chi connectivity index (χ4v) is 3.09. The van der Waals surface area contributed by atoms with E-state index in [9.17, 15) is 17.2 Å². The number of aromatic nitrogens is 2. The van der Waals surface area contributed by atoms with Crippen molar-refractivity contribution in [3.8, 4) is 11.5 Å². The number of sulfonamides is 1. The third kappa shape index (κ3) is 3.31. The Morgan fingerprint density at radius 3 is 2.62 bits per heavy atom. The minimum atomic E-state index is -4.18. The van der Waals surface area contributed by atoms with Gasteiger partial charge in [0.25, 0.3) is 0 Å². The lowest BCUT2D eigenvalue weighted by atomic mass is 10.2. The van der Waals surface area contributed by atoms with Crippen LogP contribution in [0.25, 0.3) is 11.5 Å². The SMILES string of the molecule is O=S(=O)(NCc1nccnc1-c1ccco1)c1ccc(F)cc1F. The van der Waals surface area contributed by atoms with E-state index in [1.165, 1.54) is 18.7 Å². The molecule has 0 atom stereocenters. The number of furan rings is 1. The summed E-state index contributed by atoms with van der Waals surface area (Å²) >= 11 is 0. The Morgan fingerprint density at radius 1 is 1.12 bits per heavy atom. The Labute approximate surface area is 136 Å². The number of halogens is 2. The van der Waals surface area contributed by atoms with E-state index in [0.717, 1.165) is 12.1 Å². The fourth-order valence-electron chi connectivity index (χ4n) is 2.05. The number of nitrogens with one attached hydrogen (secondary N) is 1. The first-order valence-corrected chi connectivity index (χ1v) is 8.24. The first kappa shape index (κ1) is 16.2. The van der Waals surface area contributed by atoms with E-state index >= 15 is 0 Å². The highest BCUT2D eigenvalue weighted by Gasteiger charge is 2.20. The van der Waals surface area contributed by atoms with Gasteiger partial charge in [-0.1, -0.05) is 0 Å². The minimum Gasteiger partial charge on any atom is -0.463 e. The lowest BCUT2D eigenvalue weighted by Crippen LogP contribution is -2.25. The van der Waals surface area contributed by atoms with Crippen LogP contribution in [0, 0.1) is 11.6 Å². The molecule has 1 aromatic carbocycles. The predicted octanol–water partition coefficient (Wildman–Crippen LogP) is 2.49. The van der Waals surface area contributed by atoms with Gasteiger partial charge in [0.2, 0.25) is 10.0 Å². The average Bonchev–Trinajstić information content (AvgIpc) is 3.07. The summed E-state index contributed by atoms with van der Waals surface area (Å²) in [6.45, 7) is -0.233. The summed E-state index contributed by atoms with van der Waals surface area (Å²) in [5, 5.41) is 0. The number of hydrogen-bond donors (Lipinski definition) is 1. The Bertz CT molecular complexity index is 960. The molecule has 0 aliphatic rings. The van der Waals surface area contributed by atoms with Crippen LogP contribution in [0.3, 0.4) is 0 Å². The molecule has 0 unspecified atom stereocenters. The lowest BCUT2D eigenvalue weighted by molar-refractivity contribution is 0.542. The molecular weight excluding hydrogens is 340 g/mol. The molecule has 0 fully saturated rings. The monoisotopic (exact) mass is 351 g/mol. The Balaban J connectivity index is 1.86. The highest BCUT2D eigenvalue weighted by atomic mass is 32.2. The molecule has 9 heteroatoms. The Hall–Kier alpha value is -2.65. The van der Waals surface area contributed by atoms with Gasteiger partial charge in [0.1, 0.15) is 22.2 Å². The van der Waals surface area contributed by atoms with Crippen LogP contribution in [-0.4, -0.2) is 18.4 Å². The van der Waals surface area contributed by atoms with Crippen LogP contribution in [0.2, 0.25) is 0 Å². The molecule has 0 spiro atoms. The zero-order chi connectivity index (χ0) is 17.2. The van der Waals surface area contributed by atoms with Gasteiger partial charge in [0.05, 0.1) is 18.5 Å². The summed E-state index contributed by atoms with van der Waals surface area (Å²) < 4.78 is 58.4. The molecule has 2 heterocycles. The summed E-state index contributed by atoms with van der Waals surface area (Å²) in [5.41, 5.74) is 0.670. The first-order chi connectivity index (χ1) is 11.5. The maximum Gasteiger partial charge on any atom is 0.243 e. The van der Waals surface area contributed by atoms with E-state index in [2.05, 4.69) is 14.7 Å². The first-order valence-electron chi connectivity index (χ1n) is 6.76. The summed E-state index contributed by atoms with van der Waals surface area (Å²) in [4.78, 5) is 7.53. The van der Waals surface area contributed by atoms with E-state index < -0.39 is 26.6 Å². The van der Waals surface area contributed by atoms with Crippen molar-refractivity contribution in [1.82, 2.24) is 14.7 Å². The number of benzene rings is 1. The van der Waals surface area contributed by atoms with Crippen molar-refractivity contribution in [1.29, 1.82) is 0 Å². The van der Waals surface area contributed by atoms with Gasteiger partial charge in [-0.2, -0.15) is 0 Å². The van der Waals surface area contributed by atoms with E-state index in [0.29, 0.717) is 23.2 Å². The quantitative estimate of drug-likeness (QED) is 0.763. The van der Waals surface area contributed by atoms with Crippen LogP contribution in [-0.2, 0) is 16.6 Å². The van der Waals surface area contributed by atoms with Crippen molar-refractivity contribution in [2.45, 2.75) is 11.4 Å². The second-order valence-electron chi connectivity index (χ2n) is 4.73. The molecule has 1 N–H and O–H groups in total. The van der Waals surface area contributed by atoms with Crippen LogP contribution in [0.15, 0.2) is 58.3 Å². The summed E-state index contributed by atoms with van der Waals surface area (Å²) in [5.74, 6) is -1.61. The van der Waals surface area contributed by atoms with Gasteiger partial charge in [-0.15, -0.1) is 0 Å². The molecule has 0 bridgehead atoms. The lowest BCUT2D eigenvalue weighted by Gasteiger charge is -2.09. The second-order valence-corrected chi connectivity index (χ2v) is 6.46. The molecule has 124 valence electrons. The molecule has 0 radical (unpaired) electrons. The molecule has 0 aliphatic heterocycles. The van der Waals surface area contributed by atoms with Crippen molar-refractivity contribution in [2.75, 3.05) is 0 Å². The third-order valence-electron chi connectivity index (χ3n) is 3.14. The summed E-state index contributed by atoms with van der Waals surface area (Å²) in [7, 11) is -4.18. The van der Waals surface area contributed by atoms with Gasteiger partial charge in [-0.05, 0) is 24.3 Å². The van der Waals surface area contributed by atoms with E-state index in [1.807, 2.05) is 0 Å². The largest absolute Gasteiger partial charge is 0.463 e. The molecule has 3 aromatic rings. The topological polar surface area (TPSA) is 85.1 Å². The molecule has 2 aromatic heterocycles. The van der Waals surface area contributed by atoms with Gasteiger partial charge in [0, 0.05) is 18.5 Å². The van der Waals surface area contributed by atoms with E-state index in [1.54, 1.807) is 12.1 Å². The zero-order valence-corrected chi connectivity index (χ0v) is 12.9. The number of hydrogen-bond acceptors (Lipinski definition) is 5. The third-order valence-corrected chi connectivity index (χ3v) is 4.58. The molecule has 0 amide bonds. The normalized spacial score (nSPS) is 11.6. The highest BCUT2D eigenvalue weighted by Crippen LogP contribution is 2.21. The molecule has 24 heavy (non-hydrogen) atoms. The highest BCUT2D eigenvalue weighted by molar-refractivity contribution is 7.89. The fraction of sp³-hybridized carbons (Fsp3) is 0.0667. The van der Waals surface area contributed by atoms with Crippen molar-refractivity contribution in [3.05, 3.63) is 66.3 Å². The summed E-state index contributed by atoms with van der Waals surface area (Å²) in [6.07, 6.45) is 4.29. The van der Waals surface area contributed by atoms with Crippen LogP contribution in [0.4, 0.5) is 8.78 Å². The molecular formula is C15H11F2N3O3S. The number of nitrogens with zero attached hydrogens (tertiary/aromatic N) is 2. The molecule has 0 saturated carbocycles. The molecule has 0 saturated heterocycles. The number of rotatable bonds is 5. The second kappa shape index (κ2) is 6.46. The van der Waals surface area contributed by atoms with Gasteiger partial charge in [0.15, 0.2) is 5.76 Å². The maximum atomic E-state index is 13.7. The van der Waals surface area contributed by atoms with Crippen LogP contribution < -0.4 is 4.72 Å². The van der Waals surface area contributed by atoms with Gasteiger partial charge >= 0.3 is 0 Å². The standard InChI is InChI=1S/C15H11F2N3O3S/c16-10-3-4-14(11(17)8-10)24(21,22)20-9-12-15(19-6-5-18-12)13-2-1-7-23-13/h1-8,20H,9H2. The predicted molar refractivity (Wildman–Crippen MR) is 80.1 cm³/mol. The van der Waals surface area contributed by atoms with E-state index in [-0.39, 0.29) is 6.54 Å². The Kier molecular flexibility index (Phi) is 4.36. The van der Waals surface area contributed by atoms with Crippen molar-refractivity contribution < 1.29 is 21.6 Å². The van der Waals surface area contributed by atoms with Crippen molar-refractivity contribution in [3.63, 3.8) is 0 Å². The van der Waals surface area contributed by atoms with Crippen molar-refractivity contribution >= 4 is 10.0 Å². The van der Waals surface area contributed by atoms with Crippen LogP contribution in [0.1, 0.15) is 5.69 Å². The van der Waals surface area contributed by atoms with Crippen LogP contribution >= 0.6 is 0 Å². The minimum absolute atomic E-state index is 0.233. The maximum absolute atomic E-state index is 13.7. The molecule has 3 rings (SSSR count). The zero-order valence-electron chi connectivity index (χ0n) is 12.1. The smallest absolute Gasteiger partial charge is 0.243 e. The molecule has 0 aliphatic carbocycles. The summed E-state index contributed by atoms with van der Waals surface area (Å²) in [6, 6.07) is 5.55. The van der Waals surface area contributed by atoms with Gasteiger partial charge in [-0.3, -0.25) is 4.98 Å². The van der Waals surface area contributed by atoms with E-state index in [4.69, 9.17) is 4.42 Å². The van der Waals surface area contributed by atoms with Crippen LogP contribution in [0.5, 0.6) is 0 Å².